The number of fused-ring (bicyclic) bond motifs is 6. The molecule has 4 aromatic rings. The van der Waals surface area contributed by atoms with Gasteiger partial charge in [0.15, 0.2) is 0 Å². The summed E-state index contributed by atoms with van der Waals surface area (Å²) in [5.41, 5.74) is 3.97. The molecule has 2 nitrogen and oxygen atoms in total. The molecule has 0 unspecified atom stereocenters. The van der Waals surface area contributed by atoms with Crippen molar-refractivity contribution < 1.29 is 0 Å². The highest BCUT2D eigenvalue weighted by atomic mass is 15.2. The van der Waals surface area contributed by atoms with E-state index in [1.54, 1.807) is 0 Å². The van der Waals surface area contributed by atoms with Crippen molar-refractivity contribution in [3.8, 4) is 0 Å². The van der Waals surface area contributed by atoms with Gasteiger partial charge in [0.2, 0.25) is 0 Å². The van der Waals surface area contributed by atoms with E-state index < -0.39 is 0 Å². The predicted octanol–water partition coefficient (Wildman–Crippen LogP) is 4.60. The summed E-state index contributed by atoms with van der Waals surface area (Å²) in [5.74, 6) is 0. The van der Waals surface area contributed by atoms with Crippen LogP contribution in [0.1, 0.15) is 17.5 Å². The lowest BCUT2D eigenvalue weighted by Crippen LogP contribution is -2.01. The van der Waals surface area contributed by atoms with E-state index >= 15 is 0 Å². The fourth-order valence-corrected chi connectivity index (χ4v) is 3.46. The van der Waals surface area contributed by atoms with Gasteiger partial charge in [-0.25, -0.2) is 4.52 Å². The monoisotopic (exact) mass is 270 g/mol. The number of rotatable bonds is 0. The molecule has 0 atom stereocenters. The number of benzene rings is 2. The Morgan fingerprint density at radius 1 is 1.00 bits per heavy atom. The largest absolute Gasteiger partial charge is 0.239 e. The van der Waals surface area contributed by atoms with E-state index in [1.807, 2.05) is 10.7 Å². The summed E-state index contributed by atoms with van der Waals surface area (Å²) in [5, 5.41) is 9.75. The first-order chi connectivity index (χ1) is 10.4. The van der Waals surface area contributed by atoms with Crippen LogP contribution in [-0.2, 0) is 6.42 Å². The van der Waals surface area contributed by atoms with E-state index in [0.717, 1.165) is 12.8 Å². The molecule has 0 saturated carbocycles. The molecule has 1 aliphatic carbocycles. The third-order valence-electron chi connectivity index (χ3n) is 4.48. The van der Waals surface area contributed by atoms with Gasteiger partial charge in [0.1, 0.15) is 0 Å². The molecule has 21 heavy (non-hydrogen) atoms. The second-order valence-corrected chi connectivity index (χ2v) is 5.73. The zero-order chi connectivity index (χ0) is 13.8. The summed E-state index contributed by atoms with van der Waals surface area (Å²) in [4.78, 5) is 0. The molecule has 2 aromatic carbocycles. The summed E-state index contributed by atoms with van der Waals surface area (Å²) in [6, 6.07) is 13.1. The average Bonchev–Trinajstić information content (AvgIpc) is 2.90. The lowest BCUT2D eigenvalue weighted by molar-refractivity contribution is 0.899. The van der Waals surface area contributed by atoms with E-state index in [1.165, 1.54) is 38.2 Å². The van der Waals surface area contributed by atoms with Crippen LogP contribution in [0.4, 0.5) is 0 Å². The number of nitrogens with zero attached hydrogens (tertiary/aromatic N) is 2. The summed E-state index contributed by atoms with van der Waals surface area (Å²) >= 11 is 0. The molecule has 0 amide bonds. The molecule has 1 aliphatic rings. The molecule has 2 heteroatoms. The quantitative estimate of drug-likeness (QED) is 0.456. The van der Waals surface area contributed by atoms with Crippen LogP contribution in [0.15, 0.2) is 54.9 Å². The van der Waals surface area contributed by atoms with Crippen LogP contribution in [0.3, 0.4) is 0 Å². The lowest BCUT2D eigenvalue weighted by Gasteiger charge is -2.11. The van der Waals surface area contributed by atoms with Crippen molar-refractivity contribution in [1.29, 1.82) is 0 Å². The highest BCUT2D eigenvalue weighted by Crippen LogP contribution is 2.32. The third-order valence-corrected chi connectivity index (χ3v) is 4.48. The molecule has 2 heterocycles. The zero-order valence-electron chi connectivity index (χ0n) is 11.6. The molecule has 5 rings (SSSR count). The van der Waals surface area contributed by atoms with Crippen LogP contribution in [-0.4, -0.2) is 9.61 Å². The van der Waals surface area contributed by atoms with Gasteiger partial charge in [0.25, 0.3) is 0 Å². The Morgan fingerprint density at radius 3 is 2.76 bits per heavy atom. The van der Waals surface area contributed by atoms with Gasteiger partial charge >= 0.3 is 0 Å². The molecular weight excluding hydrogens is 256 g/mol. The average molecular weight is 270 g/mol. The minimum absolute atomic E-state index is 1.10. The smallest absolute Gasteiger partial charge is 0.0763 e. The Balaban J connectivity index is 2.00. The lowest BCUT2D eigenvalue weighted by atomic mass is 9.97. The Bertz CT molecular complexity index is 1040. The fourth-order valence-electron chi connectivity index (χ4n) is 3.46. The minimum Gasteiger partial charge on any atom is -0.239 e. The number of aryl methyl sites for hydroxylation is 1. The normalized spacial score (nSPS) is 14.1. The molecule has 0 saturated heterocycles. The second kappa shape index (κ2) is 3.95. The van der Waals surface area contributed by atoms with E-state index in [9.17, 15) is 0 Å². The van der Waals surface area contributed by atoms with Crippen molar-refractivity contribution in [3.05, 3.63) is 66.0 Å². The van der Waals surface area contributed by atoms with Gasteiger partial charge in [-0.05, 0) is 46.9 Å². The SMILES string of the molecule is C1=Cc2cnn3cc4cc5ccccc5cc4c3c2CC1. The van der Waals surface area contributed by atoms with Crippen LogP contribution >= 0.6 is 0 Å². The number of hydrogen-bond donors (Lipinski definition) is 0. The molecular formula is C19H14N2. The van der Waals surface area contributed by atoms with Crippen LogP contribution in [0.2, 0.25) is 0 Å². The maximum absolute atomic E-state index is 4.59. The molecule has 0 fully saturated rings. The van der Waals surface area contributed by atoms with Crippen molar-refractivity contribution in [3.63, 3.8) is 0 Å². The molecule has 0 aliphatic heterocycles. The van der Waals surface area contributed by atoms with Gasteiger partial charge in [0.05, 0.1) is 11.7 Å². The van der Waals surface area contributed by atoms with Gasteiger partial charge in [-0.2, -0.15) is 5.10 Å². The highest BCUT2D eigenvalue weighted by Gasteiger charge is 2.14. The van der Waals surface area contributed by atoms with Crippen LogP contribution in [0.5, 0.6) is 0 Å². The first-order valence-electron chi connectivity index (χ1n) is 7.38. The van der Waals surface area contributed by atoms with Crippen LogP contribution in [0.25, 0.3) is 33.1 Å². The summed E-state index contributed by atoms with van der Waals surface area (Å²) < 4.78 is 2.04. The van der Waals surface area contributed by atoms with Crippen molar-refractivity contribution in [1.82, 2.24) is 9.61 Å². The molecule has 0 radical (unpaired) electrons. The summed E-state index contributed by atoms with van der Waals surface area (Å²) in [6.07, 6.45) is 10.8. The van der Waals surface area contributed by atoms with Gasteiger partial charge in [-0.3, -0.25) is 0 Å². The molecule has 100 valence electrons. The zero-order valence-corrected chi connectivity index (χ0v) is 11.6. The van der Waals surface area contributed by atoms with Gasteiger partial charge in [-0.15, -0.1) is 0 Å². The maximum atomic E-state index is 4.59. The number of hydrogen-bond acceptors (Lipinski definition) is 1. The van der Waals surface area contributed by atoms with Crippen molar-refractivity contribution in [2.24, 2.45) is 0 Å². The van der Waals surface area contributed by atoms with Crippen LogP contribution in [0, 0.1) is 0 Å². The molecule has 0 N–H and O–H groups in total. The third kappa shape index (κ3) is 1.50. The molecule has 0 spiro atoms. The van der Waals surface area contributed by atoms with Gasteiger partial charge in [-0.1, -0.05) is 36.4 Å². The summed E-state index contributed by atoms with van der Waals surface area (Å²) in [6.45, 7) is 0. The molecule has 0 bridgehead atoms. The molecule has 2 aromatic heterocycles. The van der Waals surface area contributed by atoms with E-state index in [0.29, 0.717) is 0 Å². The highest BCUT2D eigenvalue weighted by molar-refractivity contribution is 6.07. The first kappa shape index (κ1) is 11.1. The Hall–Kier alpha value is -2.61. The Morgan fingerprint density at radius 2 is 1.86 bits per heavy atom. The minimum atomic E-state index is 1.10. The van der Waals surface area contributed by atoms with Crippen molar-refractivity contribution >= 4 is 33.1 Å². The van der Waals surface area contributed by atoms with Crippen LogP contribution < -0.4 is 0 Å². The summed E-state index contributed by atoms with van der Waals surface area (Å²) in [7, 11) is 0. The van der Waals surface area contributed by atoms with Crippen molar-refractivity contribution in [2.75, 3.05) is 0 Å². The number of allylic oxidation sites excluding steroid dienone is 1. The Kier molecular flexibility index (Phi) is 2.09. The van der Waals surface area contributed by atoms with Gasteiger partial charge in [0, 0.05) is 17.0 Å². The maximum Gasteiger partial charge on any atom is 0.0763 e. The fraction of sp³-hybridized carbons (Fsp3) is 0.105. The first-order valence-corrected chi connectivity index (χ1v) is 7.38. The van der Waals surface area contributed by atoms with E-state index in [2.05, 4.69) is 59.8 Å². The number of aromatic nitrogens is 2. The second-order valence-electron chi connectivity index (χ2n) is 5.73. The topological polar surface area (TPSA) is 17.3 Å². The van der Waals surface area contributed by atoms with Crippen molar-refractivity contribution in [2.45, 2.75) is 12.8 Å². The Labute approximate surface area is 122 Å². The standard InChI is InChI=1S/C19H14N2/c1-2-6-14-10-18-16(9-13(14)5-1)12-21-19(18)17-8-4-3-7-15(17)11-20-21/h1-3,5-7,9-12H,4,8H2. The van der Waals surface area contributed by atoms with E-state index in [4.69, 9.17) is 0 Å². The van der Waals surface area contributed by atoms with Gasteiger partial charge < -0.3 is 0 Å². The predicted molar refractivity (Wildman–Crippen MR) is 87.6 cm³/mol. The van der Waals surface area contributed by atoms with E-state index in [-0.39, 0.29) is 0 Å².